The molecule has 1 saturated heterocycles. The highest BCUT2D eigenvalue weighted by Gasteiger charge is 2.32. The molecule has 4 nitrogen and oxygen atoms in total. The number of rotatable bonds is 4. The van der Waals surface area contributed by atoms with Crippen LogP contribution in [0.15, 0.2) is 29.2 Å². The van der Waals surface area contributed by atoms with Crippen LogP contribution in [0.2, 0.25) is 0 Å². The third-order valence-electron chi connectivity index (χ3n) is 2.71. The summed E-state index contributed by atoms with van der Waals surface area (Å²) in [6, 6.07) is 6.04. The van der Waals surface area contributed by atoms with Gasteiger partial charge in [-0.05, 0) is 26.0 Å². The summed E-state index contributed by atoms with van der Waals surface area (Å²) in [5.41, 5.74) is 0.496. The lowest BCUT2D eigenvalue weighted by molar-refractivity contribution is 0.0953. The first-order chi connectivity index (χ1) is 7.93. The summed E-state index contributed by atoms with van der Waals surface area (Å²) in [7, 11) is -3.27. The summed E-state index contributed by atoms with van der Waals surface area (Å²) < 4.78 is 28.6. The zero-order chi connectivity index (χ0) is 12.6. The molecule has 0 saturated carbocycles. The van der Waals surface area contributed by atoms with E-state index >= 15 is 0 Å². The molecule has 0 aromatic heterocycles. The van der Waals surface area contributed by atoms with Gasteiger partial charge in [0.25, 0.3) is 0 Å². The van der Waals surface area contributed by atoms with E-state index in [1.54, 1.807) is 26.0 Å². The van der Waals surface area contributed by atoms with Crippen LogP contribution in [-0.4, -0.2) is 32.2 Å². The second kappa shape index (κ2) is 4.23. The number of carbonyl (C=O) groups is 1. The molecular formula is C12H14O4S. The van der Waals surface area contributed by atoms with Crippen molar-refractivity contribution in [1.82, 2.24) is 0 Å². The summed E-state index contributed by atoms with van der Waals surface area (Å²) in [4.78, 5) is 11.9. The molecule has 1 atom stereocenters. The van der Waals surface area contributed by atoms with Crippen molar-refractivity contribution in [3.05, 3.63) is 29.8 Å². The molecule has 1 aromatic rings. The molecule has 0 radical (unpaired) electrons. The minimum Gasteiger partial charge on any atom is -0.364 e. The Bertz CT molecular complexity index is 524. The van der Waals surface area contributed by atoms with E-state index in [2.05, 4.69) is 0 Å². The van der Waals surface area contributed by atoms with Gasteiger partial charge in [-0.2, -0.15) is 0 Å². The number of sulfone groups is 1. The number of hydrogen-bond donors (Lipinski definition) is 0. The Morgan fingerprint density at radius 1 is 1.29 bits per heavy atom. The quantitative estimate of drug-likeness (QED) is 0.602. The maximum atomic E-state index is 11.8. The van der Waals surface area contributed by atoms with Crippen molar-refractivity contribution >= 4 is 15.6 Å². The van der Waals surface area contributed by atoms with Gasteiger partial charge < -0.3 is 4.74 Å². The fourth-order valence-electron chi connectivity index (χ4n) is 1.47. The Morgan fingerprint density at radius 2 is 1.82 bits per heavy atom. The highest BCUT2D eigenvalue weighted by molar-refractivity contribution is 7.92. The van der Waals surface area contributed by atoms with Crippen LogP contribution in [0.1, 0.15) is 24.2 Å². The van der Waals surface area contributed by atoms with Crippen LogP contribution >= 0.6 is 0 Å². The predicted octanol–water partition coefficient (Wildman–Crippen LogP) is 1.45. The van der Waals surface area contributed by atoms with Crippen molar-refractivity contribution in [2.24, 2.45) is 0 Å². The number of ether oxygens (including phenoxy) is 1. The average Bonchev–Trinajstić information content (AvgIpc) is 3.12. The van der Waals surface area contributed by atoms with Gasteiger partial charge in [-0.3, -0.25) is 4.79 Å². The normalized spacial score (nSPS) is 19.4. The zero-order valence-corrected chi connectivity index (χ0v) is 10.5. The molecule has 5 heteroatoms. The minimum atomic E-state index is -3.27. The van der Waals surface area contributed by atoms with Crippen LogP contribution < -0.4 is 0 Å². The number of epoxide rings is 1. The number of benzene rings is 1. The van der Waals surface area contributed by atoms with E-state index in [0.29, 0.717) is 12.2 Å². The summed E-state index contributed by atoms with van der Waals surface area (Å²) in [5.74, 6) is -0.0847. The molecule has 0 bridgehead atoms. The van der Waals surface area contributed by atoms with E-state index in [1.165, 1.54) is 12.1 Å². The molecule has 0 aliphatic carbocycles. The third kappa shape index (κ3) is 2.40. The maximum absolute atomic E-state index is 11.8. The molecule has 1 heterocycles. The van der Waals surface area contributed by atoms with Crippen molar-refractivity contribution in [2.45, 2.75) is 30.1 Å². The lowest BCUT2D eigenvalue weighted by Gasteiger charge is -2.07. The Morgan fingerprint density at radius 3 is 2.24 bits per heavy atom. The number of Topliss-reactive ketones (excluding diaryl/α,β-unsaturated/α-hetero) is 1. The maximum Gasteiger partial charge on any atom is 0.193 e. The monoisotopic (exact) mass is 254 g/mol. The van der Waals surface area contributed by atoms with Crippen LogP contribution in [0.4, 0.5) is 0 Å². The number of ketones is 1. The Balaban J connectivity index is 2.27. The van der Waals surface area contributed by atoms with E-state index in [4.69, 9.17) is 4.74 Å². The molecule has 0 spiro atoms. The van der Waals surface area contributed by atoms with E-state index < -0.39 is 15.1 Å². The first-order valence-corrected chi connectivity index (χ1v) is 6.97. The minimum absolute atomic E-state index is 0.0847. The van der Waals surface area contributed by atoms with Crippen molar-refractivity contribution in [3.8, 4) is 0 Å². The molecule has 0 amide bonds. The van der Waals surface area contributed by atoms with Gasteiger partial charge in [0.05, 0.1) is 16.8 Å². The van der Waals surface area contributed by atoms with Crippen molar-refractivity contribution < 1.29 is 17.9 Å². The van der Waals surface area contributed by atoms with E-state index in [9.17, 15) is 13.2 Å². The van der Waals surface area contributed by atoms with Gasteiger partial charge in [0, 0.05) is 5.56 Å². The van der Waals surface area contributed by atoms with Gasteiger partial charge >= 0.3 is 0 Å². The third-order valence-corrected chi connectivity index (χ3v) is 4.88. The zero-order valence-electron chi connectivity index (χ0n) is 9.71. The van der Waals surface area contributed by atoms with Gasteiger partial charge in [0.15, 0.2) is 15.6 Å². The fraction of sp³-hybridized carbons (Fsp3) is 0.417. The van der Waals surface area contributed by atoms with E-state index in [0.717, 1.165) is 0 Å². The number of carbonyl (C=O) groups excluding carboxylic acids is 1. The molecule has 1 unspecified atom stereocenters. The van der Waals surface area contributed by atoms with E-state index in [1.807, 2.05) is 0 Å². The molecule has 92 valence electrons. The molecule has 1 aliphatic rings. The largest absolute Gasteiger partial charge is 0.364 e. The van der Waals surface area contributed by atoms with Gasteiger partial charge in [-0.1, -0.05) is 12.1 Å². The molecular weight excluding hydrogens is 240 g/mol. The first-order valence-electron chi connectivity index (χ1n) is 5.42. The SMILES string of the molecule is CC(C)S(=O)(=O)c1ccc(C(=O)C2CO2)cc1. The summed E-state index contributed by atoms with van der Waals surface area (Å²) in [5, 5.41) is -0.462. The smallest absolute Gasteiger partial charge is 0.193 e. The Hall–Kier alpha value is -1.20. The summed E-state index contributed by atoms with van der Waals surface area (Å²) in [6.07, 6.45) is -0.331. The Kier molecular flexibility index (Phi) is 3.05. The van der Waals surface area contributed by atoms with Crippen molar-refractivity contribution in [3.63, 3.8) is 0 Å². The van der Waals surface area contributed by atoms with E-state index in [-0.39, 0.29) is 16.8 Å². The highest BCUT2D eigenvalue weighted by Crippen LogP contribution is 2.20. The van der Waals surface area contributed by atoms with Gasteiger partial charge in [0.2, 0.25) is 0 Å². The average molecular weight is 254 g/mol. The predicted molar refractivity (Wildman–Crippen MR) is 62.8 cm³/mol. The summed E-state index contributed by atoms with van der Waals surface area (Å²) in [6.45, 7) is 3.73. The standard InChI is InChI=1S/C12H14O4S/c1-8(2)17(14,15)10-5-3-9(4-6-10)12(13)11-7-16-11/h3-6,8,11H,7H2,1-2H3. The Labute approximate surface area is 101 Å². The van der Waals surface area contributed by atoms with Crippen LogP contribution in [0.25, 0.3) is 0 Å². The topological polar surface area (TPSA) is 63.7 Å². The lowest BCUT2D eigenvalue weighted by Crippen LogP contribution is -2.14. The molecule has 1 aliphatic heterocycles. The van der Waals surface area contributed by atoms with Crippen molar-refractivity contribution in [2.75, 3.05) is 6.61 Å². The highest BCUT2D eigenvalue weighted by atomic mass is 32.2. The van der Waals surface area contributed by atoms with Crippen LogP contribution in [0.3, 0.4) is 0 Å². The fourth-order valence-corrected chi connectivity index (χ4v) is 2.53. The first kappa shape index (κ1) is 12.3. The van der Waals surface area contributed by atoms with Crippen LogP contribution in [-0.2, 0) is 14.6 Å². The molecule has 17 heavy (non-hydrogen) atoms. The van der Waals surface area contributed by atoms with Gasteiger partial charge in [0.1, 0.15) is 6.10 Å². The number of hydrogen-bond acceptors (Lipinski definition) is 4. The molecule has 1 aromatic carbocycles. The second-order valence-electron chi connectivity index (χ2n) is 4.30. The van der Waals surface area contributed by atoms with Crippen LogP contribution in [0.5, 0.6) is 0 Å². The van der Waals surface area contributed by atoms with Gasteiger partial charge in [-0.15, -0.1) is 0 Å². The summed E-state index contributed by atoms with van der Waals surface area (Å²) >= 11 is 0. The molecule has 2 rings (SSSR count). The second-order valence-corrected chi connectivity index (χ2v) is 6.81. The molecule has 0 N–H and O–H groups in total. The van der Waals surface area contributed by atoms with Gasteiger partial charge in [-0.25, -0.2) is 8.42 Å². The van der Waals surface area contributed by atoms with Crippen molar-refractivity contribution in [1.29, 1.82) is 0 Å². The molecule has 1 fully saturated rings. The lowest BCUT2D eigenvalue weighted by atomic mass is 10.1. The van der Waals surface area contributed by atoms with Crippen LogP contribution in [0, 0.1) is 0 Å².